The number of oxazole rings is 1. The van der Waals surface area contributed by atoms with Gasteiger partial charge >= 0.3 is 0 Å². The van der Waals surface area contributed by atoms with E-state index in [9.17, 15) is 0 Å². The van der Waals surface area contributed by atoms with Crippen molar-refractivity contribution in [2.75, 3.05) is 0 Å². The zero-order chi connectivity index (χ0) is 9.97. The summed E-state index contributed by atoms with van der Waals surface area (Å²) in [6, 6.07) is 3.71. The van der Waals surface area contributed by atoms with E-state index in [0.717, 1.165) is 28.8 Å². The molecule has 0 radical (unpaired) electrons. The molecule has 0 saturated heterocycles. The van der Waals surface area contributed by atoms with Crippen molar-refractivity contribution in [3.8, 4) is 0 Å². The molecule has 0 fully saturated rings. The van der Waals surface area contributed by atoms with Crippen LogP contribution in [-0.4, -0.2) is 10.1 Å². The van der Waals surface area contributed by atoms with Crippen LogP contribution in [0.5, 0.6) is 0 Å². The zero-order valence-corrected chi connectivity index (χ0v) is 8.47. The number of aliphatic imine (C=N–C) groups is 1. The van der Waals surface area contributed by atoms with Gasteiger partial charge in [-0.25, -0.2) is 4.98 Å². The lowest BCUT2D eigenvalue weighted by molar-refractivity contribution is 0.602. The smallest absolute Gasteiger partial charge is 0.181 e. The second kappa shape index (κ2) is 3.70. The van der Waals surface area contributed by atoms with Crippen LogP contribution in [0.2, 0.25) is 0 Å². The number of nitrogens with zero attached hydrogens (tertiary/aromatic N) is 2. The van der Waals surface area contributed by atoms with Gasteiger partial charge in [0.05, 0.1) is 10.8 Å². The van der Waals surface area contributed by atoms with E-state index in [1.54, 1.807) is 0 Å². The minimum Gasteiger partial charge on any atom is -0.443 e. The lowest BCUT2D eigenvalue weighted by Gasteiger charge is -2.00. The van der Waals surface area contributed by atoms with Crippen LogP contribution in [0.15, 0.2) is 27.9 Å². The van der Waals surface area contributed by atoms with Gasteiger partial charge in [0, 0.05) is 5.56 Å². The molecule has 1 aromatic heterocycles. The summed E-state index contributed by atoms with van der Waals surface area (Å²) in [7, 11) is 0. The third-order valence-corrected chi connectivity index (χ3v) is 2.19. The molecule has 0 saturated carbocycles. The Morgan fingerprint density at radius 1 is 1.57 bits per heavy atom. The first-order chi connectivity index (χ1) is 6.86. The Balaban J connectivity index is 2.78. The maximum atomic E-state index is 5.19. The predicted molar refractivity (Wildman–Crippen MR) is 58.1 cm³/mol. The van der Waals surface area contributed by atoms with Gasteiger partial charge < -0.3 is 4.42 Å². The van der Waals surface area contributed by atoms with E-state index in [1.807, 2.05) is 19.1 Å². The topological polar surface area (TPSA) is 38.4 Å². The second-order valence-corrected chi connectivity index (χ2v) is 3.00. The zero-order valence-electron chi connectivity index (χ0n) is 7.65. The fourth-order valence-electron chi connectivity index (χ4n) is 1.48. The summed E-state index contributed by atoms with van der Waals surface area (Å²) in [5.74, 6) is 0. The number of aromatic nitrogens is 1. The normalized spacial score (nSPS) is 10.1. The number of isothiocyanates is 1. The highest BCUT2D eigenvalue weighted by Crippen LogP contribution is 2.27. The van der Waals surface area contributed by atoms with Crippen LogP contribution in [0, 0.1) is 0 Å². The summed E-state index contributed by atoms with van der Waals surface area (Å²) in [6.45, 7) is 2.05. The number of thiocarbonyl (C=S) groups is 1. The summed E-state index contributed by atoms with van der Waals surface area (Å²) in [5, 5.41) is 2.37. The van der Waals surface area contributed by atoms with Crippen molar-refractivity contribution < 1.29 is 4.42 Å². The van der Waals surface area contributed by atoms with Gasteiger partial charge in [0.2, 0.25) is 0 Å². The first-order valence-corrected chi connectivity index (χ1v) is 4.70. The average Bonchev–Trinajstić information content (AvgIpc) is 2.66. The summed E-state index contributed by atoms with van der Waals surface area (Å²) >= 11 is 4.58. The molecule has 0 unspecified atom stereocenters. The molecule has 1 aromatic carbocycles. The summed E-state index contributed by atoms with van der Waals surface area (Å²) in [6.07, 6.45) is 2.29. The van der Waals surface area contributed by atoms with Crippen molar-refractivity contribution in [2.45, 2.75) is 13.3 Å². The predicted octanol–water partition coefficient (Wildman–Crippen LogP) is 3.12. The molecule has 70 valence electrons. The molecule has 0 bridgehead atoms. The van der Waals surface area contributed by atoms with Gasteiger partial charge in [0.1, 0.15) is 5.52 Å². The Morgan fingerprint density at radius 2 is 2.43 bits per heavy atom. The van der Waals surface area contributed by atoms with Gasteiger partial charge in [0.15, 0.2) is 12.0 Å². The van der Waals surface area contributed by atoms with Crippen LogP contribution in [0.25, 0.3) is 11.1 Å². The standard InChI is InChI=1S/C10H8N2OS/c1-2-7-8(12-6-14)3-4-9-10(7)11-5-13-9/h3-5H,2H2,1H3. The van der Waals surface area contributed by atoms with E-state index < -0.39 is 0 Å². The molecular weight excluding hydrogens is 196 g/mol. The Morgan fingerprint density at radius 3 is 3.14 bits per heavy atom. The summed E-state index contributed by atoms with van der Waals surface area (Å²) in [4.78, 5) is 8.13. The minimum absolute atomic E-state index is 0.783. The van der Waals surface area contributed by atoms with Crippen LogP contribution >= 0.6 is 12.2 Å². The quantitative estimate of drug-likeness (QED) is 0.557. The summed E-state index contributed by atoms with van der Waals surface area (Å²) < 4.78 is 5.19. The van der Waals surface area contributed by atoms with Crippen LogP contribution < -0.4 is 0 Å². The Hall–Kier alpha value is -1.51. The van der Waals surface area contributed by atoms with Gasteiger partial charge in [-0.2, -0.15) is 4.99 Å². The van der Waals surface area contributed by atoms with Crippen molar-refractivity contribution >= 4 is 34.2 Å². The fraction of sp³-hybridized carbons (Fsp3) is 0.200. The number of benzene rings is 1. The molecule has 0 aliphatic carbocycles. The van der Waals surface area contributed by atoms with E-state index >= 15 is 0 Å². The van der Waals surface area contributed by atoms with Gasteiger partial charge in [0.25, 0.3) is 0 Å². The maximum Gasteiger partial charge on any atom is 0.181 e. The Bertz CT molecular complexity index is 512. The number of aryl methyl sites for hydroxylation is 1. The second-order valence-electron chi connectivity index (χ2n) is 2.82. The van der Waals surface area contributed by atoms with E-state index in [-0.39, 0.29) is 0 Å². The molecule has 0 N–H and O–H groups in total. The van der Waals surface area contributed by atoms with Crippen molar-refractivity contribution in [3.63, 3.8) is 0 Å². The number of rotatable bonds is 2. The van der Waals surface area contributed by atoms with Gasteiger partial charge in [-0.3, -0.25) is 0 Å². The molecule has 1 heterocycles. The van der Waals surface area contributed by atoms with Crippen molar-refractivity contribution in [2.24, 2.45) is 4.99 Å². The monoisotopic (exact) mass is 204 g/mol. The van der Waals surface area contributed by atoms with Crippen LogP contribution in [0.3, 0.4) is 0 Å². The minimum atomic E-state index is 0.783. The molecule has 4 heteroatoms. The highest BCUT2D eigenvalue weighted by atomic mass is 32.1. The first-order valence-electron chi connectivity index (χ1n) is 4.29. The third-order valence-electron chi connectivity index (χ3n) is 2.10. The fourth-order valence-corrected chi connectivity index (χ4v) is 1.58. The molecule has 3 nitrogen and oxygen atoms in total. The number of fused-ring (bicyclic) bond motifs is 1. The van der Waals surface area contributed by atoms with Gasteiger partial charge in [-0.1, -0.05) is 6.92 Å². The van der Waals surface area contributed by atoms with Crippen molar-refractivity contribution in [3.05, 3.63) is 24.1 Å². The van der Waals surface area contributed by atoms with Crippen molar-refractivity contribution in [1.29, 1.82) is 0 Å². The molecule has 2 aromatic rings. The Kier molecular flexibility index (Phi) is 2.39. The van der Waals surface area contributed by atoms with Gasteiger partial charge in [-0.15, -0.1) is 0 Å². The molecule has 14 heavy (non-hydrogen) atoms. The number of hydrogen-bond donors (Lipinski definition) is 0. The van der Waals surface area contributed by atoms with Crippen molar-refractivity contribution in [1.82, 2.24) is 4.98 Å². The molecule has 0 atom stereocenters. The molecule has 0 aliphatic rings. The average molecular weight is 204 g/mol. The van der Waals surface area contributed by atoms with Crippen LogP contribution in [0.1, 0.15) is 12.5 Å². The van der Waals surface area contributed by atoms with Crippen LogP contribution in [-0.2, 0) is 6.42 Å². The third kappa shape index (κ3) is 1.35. The van der Waals surface area contributed by atoms with E-state index in [1.165, 1.54) is 6.39 Å². The van der Waals surface area contributed by atoms with Gasteiger partial charge in [-0.05, 0) is 30.8 Å². The maximum absolute atomic E-state index is 5.19. The molecule has 2 rings (SSSR count). The summed E-state index contributed by atoms with van der Waals surface area (Å²) in [5.41, 5.74) is 3.52. The number of hydrogen-bond acceptors (Lipinski definition) is 4. The SMILES string of the molecule is CCc1c(N=C=S)ccc2ocnc12. The molecular formula is C10H8N2OS. The van der Waals surface area contributed by atoms with E-state index in [0.29, 0.717) is 0 Å². The molecule has 0 spiro atoms. The van der Waals surface area contributed by atoms with E-state index in [4.69, 9.17) is 4.42 Å². The Labute approximate surface area is 86.5 Å². The molecule has 0 amide bonds. The first kappa shape index (κ1) is 9.06. The van der Waals surface area contributed by atoms with E-state index in [2.05, 4.69) is 27.4 Å². The highest BCUT2D eigenvalue weighted by Gasteiger charge is 2.08. The highest BCUT2D eigenvalue weighted by molar-refractivity contribution is 7.78. The largest absolute Gasteiger partial charge is 0.443 e. The molecule has 0 aliphatic heterocycles. The van der Waals surface area contributed by atoms with Crippen LogP contribution in [0.4, 0.5) is 5.69 Å². The lowest BCUT2D eigenvalue weighted by Crippen LogP contribution is -1.83. The lowest BCUT2D eigenvalue weighted by atomic mass is 10.1.